The Hall–Kier alpha value is 0.790. The minimum absolute atomic E-state index is 0. The first-order chi connectivity index (χ1) is 3.95. The average molecular weight is 210 g/mol. The van der Waals surface area contributed by atoms with Crippen molar-refractivity contribution in [3.8, 4) is 0 Å². The molecule has 2 bridgehead atoms. The van der Waals surface area contributed by atoms with Crippen molar-refractivity contribution >= 4 is 10.9 Å². The lowest BCUT2D eigenvalue weighted by Crippen LogP contribution is -3.00. The second kappa shape index (κ2) is 3.26. The van der Waals surface area contributed by atoms with Gasteiger partial charge in [-0.2, -0.15) is 0 Å². The third-order valence-electron chi connectivity index (χ3n) is 2.09. The second-order valence-electron chi connectivity index (χ2n) is 2.57. The summed E-state index contributed by atoms with van der Waals surface area (Å²) < 4.78 is 0. The Bertz CT molecular complexity index is 68.0. The summed E-state index contributed by atoms with van der Waals surface area (Å²) in [7, 11) is 0.873. The predicted octanol–water partition coefficient (Wildman–Crippen LogP) is -3.06. The van der Waals surface area contributed by atoms with Crippen LogP contribution in [0, 0.1) is 0 Å². The smallest absolute Gasteiger partial charge is 0.120 e. The Morgan fingerprint density at radius 2 is 1.33 bits per heavy atom. The molecule has 3 heteroatoms. The van der Waals surface area contributed by atoms with Crippen molar-refractivity contribution in [2.75, 3.05) is 36.9 Å². The fourth-order valence-electron chi connectivity index (χ4n) is 1.42. The van der Waals surface area contributed by atoms with Crippen LogP contribution in [-0.2, 0) is 10.9 Å². The van der Waals surface area contributed by atoms with Crippen molar-refractivity contribution in [1.82, 2.24) is 4.90 Å². The first-order valence-electron chi connectivity index (χ1n) is 3.31. The quantitative estimate of drug-likeness (QED) is 0.384. The van der Waals surface area contributed by atoms with Gasteiger partial charge in [0.25, 0.3) is 0 Å². The summed E-state index contributed by atoms with van der Waals surface area (Å²) >= 11 is 0. The molecule has 0 aromatic carbocycles. The molecule has 3 heterocycles. The van der Waals surface area contributed by atoms with Crippen LogP contribution in [0.15, 0.2) is 0 Å². The summed E-state index contributed by atoms with van der Waals surface area (Å²) in [5.41, 5.74) is 0. The van der Waals surface area contributed by atoms with Gasteiger partial charge in [0, 0.05) is 19.6 Å². The molecular weight excluding hydrogens is 198 g/mol. The van der Waals surface area contributed by atoms with Crippen LogP contribution in [0.3, 0.4) is 0 Å². The summed E-state index contributed by atoms with van der Waals surface area (Å²) in [5.74, 6) is 4.54. The Kier molecular flexibility index (Phi) is 2.86. The molecule has 1 nitrogen and oxygen atoms in total. The van der Waals surface area contributed by atoms with Gasteiger partial charge in [-0.05, 0) is 10.9 Å². The molecule has 3 aliphatic heterocycles. The molecule has 0 saturated carbocycles. The van der Waals surface area contributed by atoms with E-state index in [0.29, 0.717) is 0 Å². The molecule has 0 radical (unpaired) electrons. The lowest BCUT2D eigenvalue weighted by atomic mass is 10.5. The van der Waals surface area contributed by atoms with Crippen LogP contribution in [0.1, 0.15) is 0 Å². The molecule has 0 aromatic rings. The highest BCUT2D eigenvalue weighted by Crippen LogP contribution is 2.13. The van der Waals surface area contributed by atoms with Crippen LogP contribution in [0.2, 0.25) is 0 Å². The van der Waals surface area contributed by atoms with Crippen LogP contribution < -0.4 is 17.0 Å². The SMILES string of the molecule is C1C[S+]2CCN1CC2.[Br-]. The lowest BCUT2D eigenvalue weighted by Gasteiger charge is -2.32. The molecule has 0 aromatic heterocycles. The Balaban J connectivity index is 0.000000405. The van der Waals surface area contributed by atoms with Crippen LogP contribution in [-0.4, -0.2) is 41.8 Å². The molecule has 0 spiro atoms. The summed E-state index contributed by atoms with van der Waals surface area (Å²) in [6.45, 7) is 4.22. The van der Waals surface area contributed by atoms with Gasteiger partial charge in [-0.15, -0.1) is 0 Å². The Morgan fingerprint density at radius 1 is 0.889 bits per heavy atom. The van der Waals surface area contributed by atoms with Crippen molar-refractivity contribution in [2.45, 2.75) is 0 Å². The fraction of sp³-hybridized carbons (Fsp3) is 1.00. The second-order valence-corrected chi connectivity index (χ2v) is 5.02. The molecule has 0 unspecified atom stereocenters. The van der Waals surface area contributed by atoms with E-state index in [-0.39, 0.29) is 17.0 Å². The van der Waals surface area contributed by atoms with Crippen molar-refractivity contribution in [3.05, 3.63) is 0 Å². The van der Waals surface area contributed by atoms with E-state index in [0.717, 1.165) is 10.9 Å². The minimum Gasteiger partial charge on any atom is -1.00 e. The monoisotopic (exact) mass is 209 g/mol. The molecule has 3 aliphatic rings. The normalized spacial score (nSPS) is 40.0. The number of hydrogen-bond acceptors (Lipinski definition) is 1. The van der Waals surface area contributed by atoms with E-state index >= 15 is 0 Å². The van der Waals surface area contributed by atoms with E-state index in [2.05, 4.69) is 4.90 Å². The van der Waals surface area contributed by atoms with Gasteiger partial charge in [0.15, 0.2) is 0 Å². The van der Waals surface area contributed by atoms with Gasteiger partial charge in [-0.25, -0.2) is 0 Å². The van der Waals surface area contributed by atoms with E-state index < -0.39 is 0 Å². The summed E-state index contributed by atoms with van der Waals surface area (Å²) in [5, 5.41) is 0. The first kappa shape index (κ1) is 7.89. The molecule has 54 valence electrons. The topological polar surface area (TPSA) is 3.24 Å². The zero-order valence-electron chi connectivity index (χ0n) is 5.48. The van der Waals surface area contributed by atoms with Gasteiger partial charge in [-0.3, -0.25) is 4.90 Å². The average Bonchev–Trinajstić information content (AvgIpc) is 1.92. The largest absolute Gasteiger partial charge is 1.00 e. The molecular formula is C6H12BrNS. The number of hydrogen-bond donors (Lipinski definition) is 0. The predicted molar refractivity (Wildman–Crippen MR) is 38.4 cm³/mol. The van der Waals surface area contributed by atoms with Crippen molar-refractivity contribution in [3.63, 3.8) is 0 Å². The van der Waals surface area contributed by atoms with Gasteiger partial charge >= 0.3 is 0 Å². The van der Waals surface area contributed by atoms with Crippen molar-refractivity contribution in [2.24, 2.45) is 0 Å². The van der Waals surface area contributed by atoms with Gasteiger partial charge in [0.1, 0.15) is 17.3 Å². The molecule has 0 amide bonds. The standard InChI is InChI=1S/C6H12NS.BrH/c1-4-8-5-2-7(1)3-6-8;/h1-6H2;1H/q+1;/p-1. The molecule has 3 fully saturated rings. The molecule has 9 heavy (non-hydrogen) atoms. The number of halogens is 1. The zero-order valence-corrected chi connectivity index (χ0v) is 7.88. The third kappa shape index (κ3) is 1.63. The summed E-state index contributed by atoms with van der Waals surface area (Å²) in [6.07, 6.45) is 0. The number of fused-ring (bicyclic) bond motifs is 3. The first-order valence-corrected chi connectivity index (χ1v) is 5.05. The lowest BCUT2D eigenvalue weighted by molar-refractivity contribution is -0.00000167. The fourth-order valence-corrected chi connectivity index (χ4v) is 3.58. The van der Waals surface area contributed by atoms with Gasteiger partial charge in [-0.1, -0.05) is 0 Å². The van der Waals surface area contributed by atoms with Gasteiger partial charge in [0.2, 0.25) is 0 Å². The van der Waals surface area contributed by atoms with Crippen LogP contribution in [0.4, 0.5) is 0 Å². The van der Waals surface area contributed by atoms with Gasteiger partial charge in [0.05, 0.1) is 0 Å². The van der Waals surface area contributed by atoms with Crippen molar-refractivity contribution < 1.29 is 17.0 Å². The summed E-state index contributed by atoms with van der Waals surface area (Å²) in [6, 6.07) is 0. The van der Waals surface area contributed by atoms with Crippen LogP contribution >= 0.6 is 0 Å². The highest BCUT2D eigenvalue weighted by atomic mass is 79.9. The minimum atomic E-state index is 0. The highest BCUT2D eigenvalue weighted by molar-refractivity contribution is 7.97. The maximum atomic E-state index is 2.59. The zero-order chi connectivity index (χ0) is 5.40. The third-order valence-corrected chi connectivity index (χ3v) is 4.37. The number of rotatable bonds is 0. The Labute approximate surface area is 69.9 Å². The molecule has 0 N–H and O–H groups in total. The highest BCUT2D eigenvalue weighted by Gasteiger charge is 2.32. The molecule has 3 saturated heterocycles. The van der Waals surface area contributed by atoms with E-state index in [9.17, 15) is 0 Å². The maximum absolute atomic E-state index is 2.59. The van der Waals surface area contributed by atoms with E-state index in [4.69, 9.17) is 0 Å². The summed E-state index contributed by atoms with van der Waals surface area (Å²) in [4.78, 5) is 2.59. The van der Waals surface area contributed by atoms with E-state index in [1.807, 2.05) is 0 Å². The molecule has 0 aliphatic carbocycles. The van der Waals surface area contributed by atoms with E-state index in [1.165, 1.54) is 36.9 Å². The number of nitrogens with zero attached hydrogens (tertiary/aromatic N) is 1. The van der Waals surface area contributed by atoms with Gasteiger partial charge < -0.3 is 17.0 Å². The molecule has 3 rings (SSSR count). The van der Waals surface area contributed by atoms with Crippen molar-refractivity contribution in [1.29, 1.82) is 0 Å². The van der Waals surface area contributed by atoms with Crippen LogP contribution in [0.5, 0.6) is 0 Å². The molecule has 0 atom stereocenters. The Morgan fingerprint density at radius 3 is 1.44 bits per heavy atom. The maximum Gasteiger partial charge on any atom is 0.120 e. The van der Waals surface area contributed by atoms with Crippen LogP contribution in [0.25, 0.3) is 0 Å². The van der Waals surface area contributed by atoms with E-state index in [1.54, 1.807) is 0 Å².